The predicted octanol–water partition coefficient (Wildman–Crippen LogP) is -1.44. The van der Waals surface area contributed by atoms with Gasteiger partial charge >= 0.3 is 5.97 Å². The molecule has 0 radical (unpaired) electrons. The van der Waals surface area contributed by atoms with Gasteiger partial charge < -0.3 is 36.8 Å². The molecule has 0 saturated carbocycles. The van der Waals surface area contributed by atoms with Crippen LogP contribution in [0.4, 0.5) is 0 Å². The number of aliphatic carboxylic acids is 1. The molecule has 1 saturated heterocycles. The van der Waals surface area contributed by atoms with Crippen LogP contribution in [0.25, 0.3) is 0 Å². The lowest BCUT2D eigenvalue weighted by Crippen LogP contribution is -2.60. The molecule has 1 aliphatic rings. The number of aliphatic hydroxyl groups is 1. The first-order valence-electron chi connectivity index (χ1n) is 11.6. The van der Waals surface area contributed by atoms with Gasteiger partial charge in [0.15, 0.2) is 0 Å². The van der Waals surface area contributed by atoms with Gasteiger partial charge in [-0.05, 0) is 38.0 Å². The molecule has 1 heterocycles. The summed E-state index contributed by atoms with van der Waals surface area (Å²) in [6.07, 6.45) is 0.245. The maximum Gasteiger partial charge on any atom is 0.322 e. The van der Waals surface area contributed by atoms with Gasteiger partial charge in [-0.2, -0.15) is 0 Å². The van der Waals surface area contributed by atoms with Gasteiger partial charge in [0.2, 0.25) is 23.6 Å². The Balaban J connectivity index is 2.90. The van der Waals surface area contributed by atoms with E-state index in [2.05, 4.69) is 16.0 Å². The molecule has 0 unspecified atom stereocenters. The fraction of sp³-hybridized carbons (Fsp3) is 0.773. The van der Waals surface area contributed by atoms with Crippen molar-refractivity contribution in [3.8, 4) is 0 Å². The van der Waals surface area contributed by atoms with Crippen molar-refractivity contribution >= 4 is 29.6 Å². The minimum atomic E-state index is -1.41. The Kier molecular flexibility index (Phi) is 11.4. The Morgan fingerprint density at radius 1 is 1.00 bits per heavy atom. The molecule has 4 amide bonds. The van der Waals surface area contributed by atoms with Crippen LogP contribution in [0.2, 0.25) is 0 Å². The summed E-state index contributed by atoms with van der Waals surface area (Å²) < 4.78 is 0. The molecule has 1 rings (SSSR count). The third-order valence-electron chi connectivity index (χ3n) is 5.60. The van der Waals surface area contributed by atoms with Crippen LogP contribution in [0, 0.1) is 11.8 Å². The second-order valence-electron chi connectivity index (χ2n) is 9.49. The Morgan fingerprint density at radius 3 is 2.12 bits per heavy atom. The SMILES string of the molecule is CC(C)C[C@H](N)C(=O)N1CCC[C@H]1C(=O)N[C@H](C(=O)N[C@H](C(=O)NCC(=O)O)[C@@H](C)O)C(C)C. The Labute approximate surface area is 200 Å². The topological polar surface area (TPSA) is 191 Å². The number of nitrogens with zero attached hydrogens (tertiary/aromatic N) is 1. The first kappa shape index (κ1) is 29.3. The summed E-state index contributed by atoms with van der Waals surface area (Å²) >= 11 is 0. The highest BCUT2D eigenvalue weighted by Crippen LogP contribution is 2.20. The summed E-state index contributed by atoms with van der Waals surface area (Å²) in [5, 5.41) is 25.8. The molecule has 12 heteroatoms. The summed E-state index contributed by atoms with van der Waals surface area (Å²) in [5.74, 6) is -3.83. The van der Waals surface area contributed by atoms with E-state index in [1.54, 1.807) is 13.8 Å². The van der Waals surface area contributed by atoms with Crippen molar-refractivity contribution in [3.63, 3.8) is 0 Å². The minimum Gasteiger partial charge on any atom is -0.480 e. The van der Waals surface area contributed by atoms with E-state index in [9.17, 15) is 29.1 Å². The molecule has 0 aromatic carbocycles. The summed E-state index contributed by atoms with van der Waals surface area (Å²) in [7, 11) is 0. The lowest BCUT2D eigenvalue weighted by Gasteiger charge is -2.30. The molecule has 0 aromatic heterocycles. The molecule has 1 aliphatic heterocycles. The molecule has 0 spiro atoms. The van der Waals surface area contributed by atoms with Gasteiger partial charge in [-0.15, -0.1) is 0 Å². The van der Waals surface area contributed by atoms with Gasteiger partial charge in [-0.1, -0.05) is 27.7 Å². The van der Waals surface area contributed by atoms with E-state index in [1.165, 1.54) is 11.8 Å². The van der Waals surface area contributed by atoms with E-state index in [0.29, 0.717) is 25.8 Å². The van der Waals surface area contributed by atoms with Crippen LogP contribution in [-0.2, 0) is 24.0 Å². The highest BCUT2D eigenvalue weighted by molar-refractivity contribution is 5.95. The van der Waals surface area contributed by atoms with Crippen LogP contribution in [0.15, 0.2) is 0 Å². The van der Waals surface area contributed by atoms with Gasteiger partial charge in [0.1, 0.15) is 24.7 Å². The molecule has 5 atom stereocenters. The van der Waals surface area contributed by atoms with E-state index in [4.69, 9.17) is 10.8 Å². The standard InChI is InChI=1S/C22H39N5O7/c1-11(2)9-14(23)22(34)27-8-6-7-15(27)19(31)25-17(12(3)4)21(33)26-18(13(5)28)20(32)24-10-16(29)30/h11-15,17-18,28H,6-10,23H2,1-5H3,(H,24,32)(H,25,31)(H,26,33)(H,29,30)/t13-,14+,15+,17+,18+/m1/s1. The third kappa shape index (κ3) is 8.56. The Morgan fingerprint density at radius 2 is 1.62 bits per heavy atom. The van der Waals surface area contributed by atoms with Gasteiger partial charge in [-0.25, -0.2) is 0 Å². The number of carbonyl (C=O) groups excluding carboxylic acids is 4. The van der Waals surface area contributed by atoms with Crippen molar-refractivity contribution in [2.24, 2.45) is 17.6 Å². The maximum absolute atomic E-state index is 13.0. The average Bonchev–Trinajstić information content (AvgIpc) is 3.22. The molecule has 0 aliphatic carbocycles. The summed E-state index contributed by atoms with van der Waals surface area (Å²) in [6, 6.07) is -3.94. The number of nitrogens with two attached hydrogens (primary N) is 1. The lowest BCUT2D eigenvalue weighted by molar-refractivity contribution is -0.141. The number of aliphatic hydroxyl groups excluding tert-OH is 1. The summed E-state index contributed by atoms with van der Waals surface area (Å²) in [5.41, 5.74) is 6.03. The van der Waals surface area contributed by atoms with Gasteiger partial charge in [0.25, 0.3) is 0 Å². The maximum atomic E-state index is 13.0. The second-order valence-corrected chi connectivity index (χ2v) is 9.49. The van der Waals surface area contributed by atoms with E-state index >= 15 is 0 Å². The molecule has 34 heavy (non-hydrogen) atoms. The van der Waals surface area contributed by atoms with Crippen molar-refractivity contribution in [2.75, 3.05) is 13.1 Å². The van der Waals surface area contributed by atoms with Crippen LogP contribution < -0.4 is 21.7 Å². The number of carboxylic acids is 1. The zero-order valence-corrected chi connectivity index (χ0v) is 20.5. The molecule has 7 N–H and O–H groups in total. The fourth-order valence-corrected chi connectivity index (χ4v) is 3.83. The van der Waals surface area contributed by atoms with E-state index in [0.717, 1.165) is 0 Å². The molecule has 12 nitrogen and oxygen atoms in total. The zero-order chi connectivity index (χ0) is 26.2. The number of carboxylic acid groups (broad SMARTS) is 1. The zero-order valence-electron chi connectivity index (χ0n) is 20.5. The van der Waals surface area contributed by atoms with E-state index in [-0.39, 0.29) is 17.7 Å². The number of amides is 4. The van der Waals surface area contributed by atoms with Crippen LogP contribution in [0.1, 0.15) is 53.9 Å². The first-order chi connectivity index (χ1) is 15.8. The van der Waals surface area contributed by atoms with E-state index in [1.807, 2.05) is 13.8 Å². The van der Waals surface area contributed by atoms with Gasteiger partial charge in [0.05, 0.1) is 12.1 Å². The average molecular weight is 486 g/mol. The molecule has 0 bridgehead atoms. The Hall–Kier alpha value is -2.73. The number of hydrogen-bond acceptors (Lipinski definition) is 7. The van der Waals surface area contributed by atoms with Crippen LogP contribution in [0.3, 0.4) is 0 Å². The number of likely N-dealkylation sites (tertiary alicyclic amines) is 1. The summed E-state index contributed by atoms with van der Waals surface area (Å²) in [6.45, 7) is 8.30. The highest BCUT2D eigenvalue weighted by atomic mass is 16.4. The van der Waals surface area contributed by atoms with Crippen LogP contribution >= 0.6 is 0 Å². The van der Waals surface area contributed by atoms with Crippen molar-refractivity contribution in [1.29, 1.82) is 0 Å². The smallest absolute Gasteiger partial charge is 0.322 e. The van der Waals surface area contributed by atoms with Crippen LogP contribution in [-0.4, -0.2) is 88.1 Å². The number of hydrogen-bond donors (Lipinski definition) is 6. The van der Waals surface area contributed by atoms with E-state index < -0.39 is 60.5 Å². The van der Waals surface area contributed by atoms with Crippen molar-refractivity contribution in [1.82, 2.24) is 20.9 Å². The lowest BCUT2D eigenvalue weighted by atomic mass is 10.0. The fourth-order valence-electron chi connectivity index (χ4n) is 3.83. The normalized spacial score (nSPS) is 19.3. The second kappa shape index (κ2) is 13.2. The largest absolute Gasteiger partial charge is 0.480 e. The number of nitrogens with one attached hydrogen (secondary N) is 3. The number of rotatable bonds is 12. The molecular weight excluding hydrogens is 446 g/mol. The highest BCUT2D eigenvalue weighted by Gasteiger charge is 2.38. The molecule has 0 aromatic rings. The van der Waals surface area contributed by atoms with Crippen molar-refractivity contribution < 1.29 is 34.2 Å². The molecule has 1 fully saturated rings. The van der Waals surface area contributed by atoms with Crippen molar-refractivity contribution in [3.05, 3.63) is 0 Å². The third-order valence-corrected chi connectivity index (χ3v) is 5.60. The predicted molar refractivity (Wildman–Crippen MR) is 123 cm³/mol. The molecule has 194 valence electrons. The van der Waals surface area contributed by atoms with Crippen LogP contribution in [0.5, 0.6) is 0 Å². The van der Waals surface area contributed by atoms with Crippen molar-refractivity contribution in [2.45, 2.75) is 84.2 Å². The Bertz CT molecular complexity index is 756. The monoisotopic (exact) mass is 485 g/mol. The first-order valence-corrected chi connectivity index (χ1v) is 11.6. The van der Waals surface area contributed by atoms with Gasteiger partial charge in [0, 0.05) is 6.54 Å². The minimum absolute atomic E-state index is 0.220. The molecular formula is C22H39N5O7. The van der Waals surface area contributed by atoms with Gasteiger partial charge in [-0.3, -0.25) is 24.0 Å². The quantitative estimate of drug-likeness (QED) is 0.193. The summed E-state index contributed by atoms with van der Waals surface area (Å²) in [4.78, 5) is 63.1. The number of carbonyl (C=O) groups is 5.